The zero-order valence-electron chi connectivity index (χ0n) is 18.1. The van der Waals surface area contributed by atoms with E-state index in [4.69, 9.17) is 14.2 Å². The van der Waals surface area contributed by atoms with E-state index in [-0.39, 0.29) is 46.6 Å². The molecule has 30 heavy (non-hydrogen) atoms. The Bertz CT molecular complexity index is 934. The molecule has 0 aromatic rings. The molecule has 2 heterocycles. The van der Waals surface area contributed by atoms with Crippen molar-refractivity contribution in [3.63, 3.8) is 0 Å². The van der Waals surface area contributed by atoms with Gasteiger partial charge in [-0.15, -0.1) is 0 Å². The predicted molar refractivity (Wildman–Crippen MR) is 106 cm³/mol. The molecule has 6 nitrogen and oxygen atoms in total. The summed E-state index contributed by atoms with van der Waals surface area (Å²) in [6.45, 7) is 7.50. The molecule has 5 fully saturated rings. The molecule has 0 amide bonds. The first-order valence-corrected chi connectivity index (χ1v) is 11.2. The summed E-state index contributed by atoms with van der Waals surface area (Å²) in [7, 11) is 0. The third-order valence-electron chi connectivity index (χ3n) is 9.48. The van der Waals surface area contributed by atoms with E-state index >= 15 is 0 Å². The van der Waals surface area contributed by atoms with E-state index in [0.717, 1.165) is 19.3 Å². The number of ether oxygens (including phenoxy) is 3. The van der Waals surface area contributed by atoms with Crippen molar-refractivity contribution in [2.45, 2.75) is 82.6 Å². The van der Waals surface area contributed by atoms with Crippen molar-refractivity contribution in [1.82, 2.24) is 0 Å². The van der Waals surface area contributed by atoms with E-state index in [9.17, 15) is 14.7 Å². The molecule has 1 unspecified atom stereocenters. The van der Waals surface area contributed by atoms with Crippen LogP contribution in [0.25, 0.3) is 0 Å². The van der Waals surface area contributed by atoms with E-state index < -0.39 is 23.4 Å². The van der Waals surface area contributed by atoms with Gasteiger partial charge in [0.2, 0.25) is 0 Å². The summed E-state index contributed by atoms with van der Waals surface area (Å²) in [4.78, 5) is 25.2. The molecule has 0 radical (unpaired) electrons. The number of allylic oxidation sites excluding steroid dienone is 2. The van der Waals surface area contributed by atoms with Gasteiger partial charge in [-0.1, -0.05) is 18.6 Å². The SMILES string of the molecule is CC1(C)O[C@@H]2C[C@H]3[C@@H]4CCC5=CC(=O)C=C[C@]5(C)C45O[C@H]5C[C@]3(C)[C@]2(C(=O)CO)O1. The minimum absolute atomic E-state index is 0.00438. The number of hydrogen-bond donors (Lipinski definition) is 1. The number of aliphatic hydroxyl groups is 1. The molecule has 2 aliphatic heterocycles. The molecule has 162 valence electrons. The summed E-state index contributed by atoms with van der Waals surface area (Å²) < 4.78 is 19.2. The van der Waals surface area contributed by atoms with Crippen molar-refractivity contribution in [2.24, 2.45) is 22.7 Å². The lowest BCUT2D eigenvalue weighted by Gasteiger charge is -2.56. The van der Waals surface area contributed by atoms with Gasteiger partial charge in [0, 0.05) is 10.8 Å². The van der Waals surface area contributed by atoms with Crippen LogP contribution in [0.5, 0.6) is 0 Å². The van der Waals surface area contributed by atoms with Gasteiger partial charge in [0.1, 0.15) is 12.2 Å². The minimum atomic E-state index is -1.14. The van der Waals surface area contributed by atoms with Gasteiger partial charge in [-0.25, -0.2) is 0 Å². The summed E-state index contributed by atoms with van der Waals surface area (Å²) in [5, 5.41) is 9.87. The predicted octanol–water partition coefficient (Wildman–Crippen LogP) is 2.49. The monoisotopic (exact) mass is 414 g/mol. The molecule has 3 saturated carbocycles. The topological polar surface area (TPSA) is 85.4 Å². The summed E-state index contributed by atoms with van der Waals surface area (Å²) in [6, 6.07) is 0. The Hall–Kier alpha value is -1.34. The van der Waals surface area contributed by atoms with Crippen LogP contribution in [0.1, 0.15) is 53.4 Å². The van der Waals surface area contributed by atoms with E-state index in [2.05, 4.69) is 19.9 Å². The second-order valence-corrected chi connectivity index (χ2v) is 11.0. The zero-order valence-corrected chi connectivity index (χ0v) is 18.1. The number of carbonyl (C=O) groups is 2. The van der Waals surface area contributed by atoms with Crippen molar-refractivity contribution >= 4 is 11.6 Å². The lowest BCUT2D eigenvalue weighted by molar-refractivity contribution is -0.211. The molecule has 1 N–H and O–H groups in total. The maximum absolute atomic E-state index is 13.2. The fourth-order valence-corrected chi connectivity index (χ4v) is 8.36. The van der Waals surface area contributed by atoms with E-state index in [0.29, 0.717) is 6.42 Å². The third-order valence-corrected chi connectivity index (χ3v) is 9.48. The van der Waals surface area contributed by atoms with Gasteiger partial charge in [-0.2, -0.15) is 0 Å². The van der Waals surface area contributed by atoms with Crippen LogP contribution in [-0.2, 0) is 23.8 Å². The summed E-state index contributed by atoms with van der Waals surface area (Å²) >= 11 is 0. The van der Waals surface area contributed by atoms with Crippen molar-refractivity contribution in [3.8, 4) is 0 Å². The Labute approximate surface area is 176 Å². The fraction of sp³-hybridized carbons (Fsp3) is 0.750. The Morgan fingerprint density at radius 1 is 1.17 bits per heavy atom. The highest BCUT2D eigenvalue weighted by Crippen LogP contribution is 2.77. The van der Waals surface area contributed by atoms with Crippen LogP contribution in [0.15, 0.2) is 23.8 Å². The number of carbonyl (C=O) groups excluding carboxylic acids is 2. The Kier molecular flexibility index (Phi) is 3.45. The molecule has 6 rings (SSSR count). The first-order valence-electron chi connectivity index (χ1n) is 11.2. The molecule has 1 spiro atoms. The first-order chi connectivity index (χ1) is 14.0. The van der Waals surface area contributed by atoms with Gasteiger partial charge in [0.25, 0.3) is 0 Å². The highest BCUT2D eigenvalue weighted by atomic mass is 16.8. The van der Waals surface area contributed by atoms with Gasteiger partial charge in [-0.3, -0.25) is 9.59 Å². The van der Waals surface area contributed by atoms with Crippen molar-refractivity contribution in [2.75, 3.05) is 6.61 Å². The number of epoxide rings is 1. The number of fused-ring (bicyclic) bond motifs is 5. The number of ketones is 2. The maximum atomic E-state index is 13.2. The number of rotatable bonds is 2. The number of hydrogen-bond acceptors (Lipinski definition) is 6. The summed E-state index contributed by atoms with van der Waals surface area (Å²) in [5.41, 5.74) is -1.04. The van der Waals surface area contributed by atoms with Crippen LogP contribution in [0, 0.1) is 22.7 Å². The molecule has 8 atom stereocenters. The lowest BCUT2D eigenvalue weighted by Crippen LogP contribution is -2.63. The molecule has 6 aliphatic rings. The highest BCUT2D eigenvalue weighted by Gasteiger charge is 2.84. The molecule has 0 aromatic carbocycles. The average molecular weight is 414 g/mol. The van der Waals surface area contributed by atoms with Crippen molar-refractivity contribution in [3.05, 3.63) is 23.8 Å². The minimum Gasteiger partial charge on any atom is -0.388 e. The normalized spacial score (nSPS) is 54.4. The number of aliphatic hydroxyl groups excluding tert-OH is 1. The Morgan fingerprint density at radius 3 is 2.67 bits per heavy atom. The number of Topliss-reactive ketones (excluding diaryl/α,β-unsaturated/α-hetero) is 1. The highest BCUT2D eigenvalue weighted by molar-refractivity contribution is 6.01. The second-order valence-electron chi connectivity index (χ2n) is 11.0. The Balaban J connectivity index is 1.46. The van der Waals surface area contributed by atoms with Crippen LogP contribution in [0.2, 0.25) is 0 Å². The molecule has 4 aliphatic carbocycles. The fourth-order valence-electron chi connectivity index (χ4n) is 8.36. The first kappa shape index (κ1) is 19.4. The molecule has 0 bridgehead atoms. The quantitative estimate of drug-likeness (QED) is 0.699. The van der Waals surface area contributed by atoms with Crippen LogP contribution in [0.3, 0.4) is 0 Å². The third kappa shape index (κ3) is 1.88. The standard InChI is InChI=1S/C24H30O6/c1-20(2)28-18-10-16-15-6-5-13-9-14(26)7-8-21(13,3)23(15)19(29-23)11-22(16,4)24(18,30-20)17(27)12-25/h7-9,15-16,18-19,25H,5-6,10-12H2,1-4H3/t15-,16-,18+,19-,21-,22-,23?,24+/m0/s1. The molecular formula is C24H30O6. The van der Waals surface area contributed by atoms with E-state index in [1.165, 1.54) is 5.57 Å². The van der Waals surface area contributed by atoms with Crippen molar-refractivity contribution < 1.29 is 28.9 Å². The summed E-state index contributed by atoms with van der Waals surface area (Å²) in [6.07, 6.45) is 8.40. The zero-order chi connectivity index (χ0) is 21.3. The van der Waals surface area contributed by atoms with Crippen LogP contribution in [-0.4, -0.2) is 52.5 Å². The second kappa shape index (κ2) is 5.34. The van der Waals surface area contributed by atoms with Gasteiger partial charge in [0.15, 0.2) is 23.0 Å². The Morgan fingerprint density at radius 2 is 1.93 bits per heavy atom. The molecule has 0 aromatic heterocycles. The van der Waals surface area contributed by atoms with Gasteiger partial charge < -0.3 is 19.3 Å². The molecule has 2 saturated heterocycles. The van der Waals surface area contributed by atoms with E-state index in [1.807, 2.05) is 13.8 Å². The van der Waals surface area contributed by atoms with Gasteiger partial charge >= 0.3 is 0 Å². The molecule has 6 heteroatoms. The smallest absolute Gasteiger partial charge is 0.193 e. The summed E-state index contributed by atoms with van der Waals surface area (Å²) in [5.74, 6) is -0.629. The van der Waals surface area contributed by atoms with Crippen LogP contribution >= 0.6 is 0 Å². The largest absolute Gasteiger partial charge is 0.388 e. The van der Waals surface area contributed by atoms with Gasteiger partial charge in [-0.05, 0) is 70.4 Å². The maximum Gasteiger partial charge on any atom is 0.193 e. The van der Waals surface area contributed by atoms with Crippen LogP contribution < -0.4 is 0 Å². The van der Waals surface area contributed by atoms with Crippen molar-refractivity contribution in [1.29, 1.82) is 0 Å². The lowest BCUT2D eigenvalue weighted by atomic mass is 9.46. The molecular weight excluding hydrogens is 384 g/mol. The van der Waals surface area contributed by atoms with Gasteiger partial charge in [0.05, 0.1) is 12.2 Å². The average Bonchev–Trinajstić information content (AvgIpc) is 3.25. The van der Waals surface area contributed by atoms with E-state index in [1.54, 1.807) is 12.2 Å². The van der Waals surface area contributed by atoms with Crippen LogP contribution in [0.4, 0.5) is 0 Å².